The van der Waals surface area contributed by atoms with E-state index in [1.807, 2.05) is 47.4 Å². The fourth-order valence-corrected chi connectivity index (χ4v) is 3.44. The molecule has 1 aliphatic rings. The number of para-hydroxylation sites is 1. The van der Waals surface area contributed by atoms with E-state index < -0.39 is 0 Å². The maximum atomic E-state index is 12.6. The number of aromatic amines is 1. The summed E-state index contributed by atoms with van der Waals surface area (Å²) in [5.41, 5.74) is 4.32. The number of carbonyl (C=O) groups excluding carboxylic acids is 1. The molecule has 3 aromatic rings. The lowest BCUT2D eigenvalue weighted by atomic mass is 10.1. The predicted octanol–water partition coefficient (Wildman–Crippen LogP) is 4.16. The minimum absolute atomic E-state index is 0.0599. The van der Waals surface area contributed by atoms with Gasteiger partial charge in [-0.2, -0.15) is 0 Å². The zero-order chi connectivity index (χ0) is 17.2. The van der Waals surface area contributed by atoms with Crippen molar-refractivity contribution in [3.05, 3.63) is 59.8 Å². The highest BCUT2D eigenvalue weighted by molar-refractivity contribution is 5.90. The van der Waals surface area contributed by atoms with Gasteiger partial charge in [0.05, 0.1) is 13.7 Å². The van der Waals surface area contributed by atoms with Crippen molar-refractivity contribution in [3.63, 3.8) is 0 Å². The minimum Gasteiger partial charge on any atom is -0.497 e. The normalized spacial score (nSPS) is 14.0. The largest absolute Gasteiger partial charge is 0.497 e. The first-order valence-corrected chi connectivity index (χ1v) is 8.53. The van der Waals surface area contributed by atoms with Crippen LogP contribution >= 0.6 is 0 Å². The van der Waals surface area contributed by atoms with Gasteiger partial charge in [-0.05, 0) is 48.7 Å². The van der Waals surface area contributed by atoms with Gasteiger partial charge in [-0.25, -0.2) is 4.79 Å². The quantitative estimate of drug-likeness (QED) is 0.739. The van der Waals surface area contributed by atoms with Crippen molar-refractivity contribution in [2.75, 3.05) is 19.0 Å². The molecule has 0 unspecified atom stereocenters. The van der Waals surface area contributed by atoms with Crippen molar-refractivity contribution >= 4 is 22.6 Å². The Labute approximate surface area is 146 Å². The summed E-state index contributed by atoms with van der Waals surface area (Å²) < 4.78 is 5.35. The molecule has 0 spiro atoms. The molecule has 2 amide bonds. The Hall–Kier alpha value is -2.95. The molecule has 4 rings (SSSR count). The Morgan fingerprint density at radius 2 is 2.04 bits per heavy atom. The van der Waals surface area contributed by atoms with Crippen molar-refractivity contribution in [1.82, 2.24) is 9.88 Å². The standard InChI is InChI=1S/C20H21N3O2/c1-25-15-9-10-18-17(12-15)16-8-5-11-23(13-19(16)22-18)20(24)21-14-6-3-2-4-7-14/h2-4,6-7,9-10,12,22H,5,8,11,13H2,1H3,(H,21,24). The van der Waals surface area contributed by atoms with Gasteiger partial charge in [-0.3, -0.25) is 0 Å². The number of fused-ring (bicyclic) bond motifs is 3. The van der Waals surface area contributed by atoms with E-state index in [1.165, 1.54) is 10.9 Å². The fraction of sp³-hybridized carbons (Fsp3) is 0.250. The molecule has 128 valence electrons. The lowest BCUT2D eigenvalue weighted by Crippen LogP contribution is -2.34. The summed E-state index contributed by atoms with van der Waals surface area (Å²) in [7, 11) is 1.68. The molecule has 2 heterocycles. The molecule has 0 aliphatic carbocycles. The summed E-state index contributed by atoms with van der Waals surface area (Å²) in [5.74, 6) is 0.859. The number of ether oxygens (including phenoxy) is 1. The molecule has 1 aromatic heterocycles. The Morgan fingerprint density at radius 1 is 1.20 bits per heavy atom. The van der Waals surface area contributed by atoms with Crippen LogP contribution in [0.3, 0.4) is 0 Å². The number of hydrogen-bond donors (Lipinski definition) is 2. The second-order valence-electron chi connectivity index (χ2n) is 6.31. The molecule has 1 aliphatic heterocycles. The van der Waals surface area contributed by atoms with Gasteiger partial charge in [0.1, 0.15) is 5.75 Å². The number of methoxy groups -OCH3 is 1. The number of hydrogen-bond acceptors (Lipinski definition) is 2. The molecule has 2 aromatic carbocycles. The molecule has 25 heavy (non-hydrogen) atoms. The number of carbonyl (C=O) groups is 1. The van der Waals surface area contributed by atoms with Crippen molar-refractivity contribution in [3.8, 4) is 5.75 Å². The van der Waals surface area contributed by atoms with Gasteiger partial charge in [0.15, 0.2) is 0 Å². The molecule has 0 fully saturated rings. The second-order valence-corrected chi connectivity index (χ2v) is 6.31. The number of amides is 2. The third-order valence-corrected chi connectivity index (χ3v) is 4.72. The highest BCUT2D eigenvalue weighted by Crippen LogP contribution is 2.30. The monoisotopic (exact) mass is 335 g/mol. The molecule has 0 radical (unpaired) electrons. The zero-order valence-electron chi connectivity index (χ0n) is 14.2. The molecular weight excluding hydrogens is 314 g/mol. The van der Waals surface area contributed by atoms with E-state index in [-0.39, 0.29) is 6.03 Å². The van der Waals surface area contributed by atoms with Gasteiger partial charge in [-0.1, -0.05) is 18.2 Å². The SMILES string of the molecule is COc1ccc2[nH]c3c(c2c1)CCCN(C(=O)Nc1ccccc1)C3. The van der Waals surface area contributed by atoms with Crippen LogP contribution in [0.4, 0.5) is 10.5 Å². The average Bonchev–Trinajstić information content (AvgIpc) is 2.83. The Bertz CT molecular complexity index is 902. The van der Waals surface area contributed by atoms with Crippen LogP contribution in [0, 0.1) is 0 Å². The lowest BCUT2D eigenvalue weighted by molar-refractivity contribution is 0.209. The molecule has 0 saturated heterocycles. The van der Waals surface area contributed by atoms with Gasteiger partial charge in [-0.15, -0.1) is 0 Å². The van der Waals surface area contributed by atoms with E-state index in [1.54, 1.807) is 7.11 Å². The van der Waals surface area contributed by atoms with Gasteiger partial charge in [0.25, 0.3) is 0 Å². The third kappa shape index (κ3) is 3.05. The van der Waals surface area contributed by atoms with Crippen molar-refractivity contribution in [1.29, 1.82) is 0 Å². The number of aryl methyl sites for hydroxylation is 1. The van der Waals surface area contributed by atoms with E-state index in [0.29, 0.717) is 6.54 Å². The average molecular weight is 335 g/mol. The lowest BCUT2D eigenvalue weighted by Gasteiger charge is -2.21. The Kier molecular flexibility index (Phi) is 4.06. The van der Waals surface area contributed by atoms with Crippen LogP contribution in [-0.4, -0.2) is 29.6 Å². The maximum absolute atomic E-state index is 12.6. The molecule has 0 bridgehead atoms. The van der Waals surface area contributed by atoms with E-state index in [2.05, 4.69) is 16.4 Å². The van der Waals surface area contributed by atoms with Crippen LogP contribution in [0.15, 0.2) is 48.5 Å². The highest BCUT2D eigenvalue weighted by Gasteiger charge is 2.22. The first kappa shape index (κ1) is 15.6. The fourth-order valence-electron chi connectivity index (χ4n) is 3.44. The van der Waals surface area contributed by atoms with Crippen LogP contribution in [0.5, 0.6) is 5.75 Å². The number of nitrogens with one attached hydrogen (secondary N) is 2. The minimum atomic E-state index is -0.0599. The highest BCUT2D eigenvalue weighted by atomic mass is 16.5. The first-order chi connectivity index (χ1) is 12.2. The molecular formula is C20H21N3O2. The molecule has 2 N–H and O–H groups in total. The van der Waals surface area contributed by atoms with Crippen LogP contribution in [-0.2, 0) is 13.0 Å². The van der Waals surface area contributed by atoms with E-state index >= 15 is 0 Å². The number of benzene rings is 2. The third-order valence-electron chi connectivity index (χ3n) is 4.72. The van der Waals surface area contributed by atoms with Crippen LogP contribution in [0.2, 0.25) is 0 Å². The van der Waals surface area contributed by atoms with Gasteiger partial charge >= 0.3 is 6.03 Å². The van der Waals surface area contributed by atoms with Crippen molar-refractivity contribution in [2.24, 2.45) is 0 Å². The molecule has 5 heteroatoms. The summed E-state index contributed by atoms with van der Waals surface area (Å²) in [6.45, 7) is 1.33. The molecule has 0 atom stereocenters. The van der Waals surface area contributed by atoms with Crippen molar-refractivity contribution in [2.45, 2.75) is 19.4 Å². The number of urea groups is 1. The number of H-pyrrole nitrogens is 1. The Morgan fingerprint density at radius 3 is 2.84 bits per heavy atom. The summed E-state index contributed by atoms with van der Waals surface area (Å²) in [5, 5.41) is 4.17. The smallest absolute Gasteiger partial charge is 0.322 e. The van der Waals surface area contributed by atoms with E-state index in [4.69, 9.17) is 4.74 Å². The molecule has 5 nitrogen and oxygen atoms in total. The van der Waals surface area contributed by atoms with Gasteiger partial charge < -0.3 is 19.9 Å². The summed E-state index contributed by atoms with van der Waals surface area (Å²) in [6, 6.07) is 15.6. The maximum Gasteiger partial charge on any atom is 0.322 e. The van der Waals surface area contributed by atoms with Crippen LogP contribution in [0.1, 0.15) is 17.7 Å². The first-order valence-electron chi connectivity index (χ1n) is 8.53. The number of anilines is 1. The zero-order valence-corrected chi connectivity index (χ0v) is 14.2. The number of rotatable bonds is 2. The van der Waals surface area contributed by atoms with Crippen LogP contribution < -0.4 is 10.1 Å². The van der Waals surface area contributed by atoms with E-state index in [9.17, 15) is 4.79 Å². The second kappa shape index (κ2) is 6.51. The Balaban J connectivity index is 1.59. The van der Waals surface area contributed by atoms with Gasteiger partial charge in [0.2, 0.25) is 0 Å². The topological polar surface area (TPSA) is 57.4 Å². The summed E-state index contributed by atoms with van der Waals surface area (Å²) in [4.78, 5) is 18.0. The summed E-state index contributed by atoms with van der Waals surface area (Å²) in [6.07, 6.45) is 1.90. The number of nitrogens with zero attached hydrogens (tertiary/aromatic N) is 1. The van der Waals surface area contributed by atoms with E-state index in [0.717, 1.165) is 42.0 Å². The van der Waals surface area contributed by atoms with Crippen molar-refractivity contribution < 1.29 is 9.53 Å². The van der Waals surface area contributed by atoms with Gasteiger partial charge in [0, 0.05) is 28.8 Å². The molecule has 0 saturated carbocycles. The predicted molar refractivity (Wildman–Crippen MR) is 99.0 cm³/mol. The summed E-state index contributed by atoms with van der Waals surface area (Å²) >= 11 is 0. The number of aromatic nitrogens is 1. The van der Waals surface area contributed by atoms with Crippen LogP contribution in [0.25, 0.3) is 10.9 Å².